The summed E-state index contributed by atoms with van der Waals surface area (Å²) in [5, 5.41) is 0. The Morgan fingerprint density at radius 3 is 2.64 bits per heavy atom. The number of nitrogens with two attached hydrogens (primary N) is 1. The molecule has 2 aromatic heterocycles. The van der Waals surface area contributed by atoms with Gasteiger partial charge in [-0.05, 0) is 13.8 Å². The van der Waals surface area contributed by atoms with Crippen molar-refractivity contribution < 1.29 is 23.2 Å². The Morgan fingerprint density at radius 2 is 1.95 bits per heavy atom. The first-order chi connectivity index (χ1) is 10.6. The Hall–Kier alpha value is -1.74. The molecule has 122 valence electrons. The number of fused-ring (bicyclic) bond motifs is 1. The predicted molar refractivity (Wildman–Crippen MR) is 78.0 cm³/mol. The average molecular weight is 331 g/mol. The molecule has 22 heavy (non-hydrogen) atoms. The summed E-state index contributed by atoms with van der Waals surface area (Å²) in [4.78, 5) is 17.2. The molecule has 0 unspecified atom stereocenters. The molecule has 0 radical (unpaired) electrons. The molecule has 0 aliphatic heterocycles. The predicted octanol–water partition coefficient (Wildman–Crippen LogP) is 1.03. The van der Waals surface area contributed by atoms with Crippen molar-refractivity contribution >= 4 is 24.6 Å². The fourth-order valence-corrected chi connectivity index (χ4v) is 2.98. The highest BCUT2D eigenvalue weighted by Gasteiger charge is 2.23. The molecule has 0 bridgehead atoms. The van der Waals surface area contributed by atoms with Crippen LogP contribution in [-0.2, 0) is 18.3 Å². The molecule has 0 atom stereocenters. The minimum Gasteiger partial charge on any atom is -0.382 e. The second-order valence-electron chi connectivity index (χ2n) is 4.03. The van der Waals surface area contributed by atoms with Gasteiger partial charge in [-0.25, -0.2) is 15.0 Å². The lowest BCUT2D eigenvalue weighted by molar-refractivity contribution is -0.0469. The molecule has 0 spiro atoms. The van der Waals surface area contributed by atoms with Crippen molar-refractivity contribution in [2.45, 2.75) is 13.8 Å². The number of anilines is 1. The van der Waals surface area contributed by atoms with Gasteiger partial charge in [-0.2, -0.15) is 0 Å². The van der Waals surface area contributed by atoms with Gasteiger partial charge in [0.2, 0.25) is 12.4 Å². The van der Waals surface area contributed by atoms with Gasteiger partial charge in [0.25, 0.3) is 0 Å². The lowest BCUT2D eigenvalue weighted by Crippen LogP contribution is -2.16. The summed E-state index contributed by atoms with van der Waals surface area (Å²) in [5.41, 5.74) is 6.50. The Morgan fingerprint density at radius 1 is 1.23 bits per heavy atom. The smallest absolute Gasteiger partial charge is 0.356 e. The Kier molecular flexibility index (Phi) is 5.67. The molecule has 0 aliphatic rings. The van der Waals surface area contributed by atoms with Crippen LogP contribution in [0.1, 0.15) is 13.8 Å². The van der Waals surface area contributed by atoms with E-state index in [1.54, 1.807) is 13.8 Å². The van der Waals surface area contributed by atoms with Crippen molar-refractivity contribution in [1.82, 2.24) is 19.7 Å². The Bertz CT molecular complexity index is 653. The number of hydrogen-bond donors (Lipinski definition) is 1. The van der Waals surface area contributed by atoms with E-state index in [1.165, 1.54) is 17.4 Å². The van der Waals surface area contributed by atoms with Gasteiger partial charge in [0.15, 0.2) is 17.7 Å². The molecule has 2 rings (SSSR count). The van der Waals surface area contributed by atoms with E-state index in [9.17, 15) is 4.57 Å². The molecule has 0 fully saturated rings. The van der Waals surface area contributed by atoms with Crippen molar-refractivity contribution in [3.05, 3.63) is 12.7 Å². The zero-order valence-corrected chi connectivity index (χ0v) is 13.2. The number of hydrogen-bond acceptors (Lipinski definition) is 9. The SMILES string of the molecule is CCOP(=O)(COCOn1cnc2c(N)ncnc21)OCC. The molecule has 2 aromatic rings. The third kappa shape index (κ3) is 3.92. The van der Waals surface area contributed by atoms with E-state index in [2.05, 4.69) is 15.0 Å². The van der Waals surface area contributed by atoms with Gasteiger partial charge >= 0.3 is 7.60 Å². The maximum atomic E-state index is 12.2. The molecule has 2 heterocycles. The first kappa shape index (κ1) is 16.6. The van der Waals surface area contributed by atoms with Crippen molar-refractivity contribution in [2.24, 2.45) is 0 Å². The Labute approximate surface area is 127 Å². The lowest BCUT2D eigenvalue weighted by atomic mass is 10.5. The fraction of sp³-hybridized carbons (Fsp3) is 0.545. The minimum atomic E-state index is -3.25. The van der Waals surface area contributed by atoms with Crippen molar-refractivity contribution in [3.8, 4) is 0 Å². The highest BCUT2D eigenvalue weighted by molar-refractivity contribution is 7.53. The van der Waals surface area contributed by atoms with Gasteiger partial charge in [0.05, 0.1) is 13.2 Å². The van der Waals surface area contributed by atoms with Gasteiger partial charge in [-0.1, -0.05) is 0 Å². The van der Waals surface area contributed by atoms with E-state index in [4.69, 9.17) is 24.4 Å². The summed E-state index contributed by atoms with van der Waals surface area (Å²) >= 11 is 0. The van der Waals surface area contributed by atoms with Crippen LogP contribution in [0.2, 0.25) is 0 Å². The average Bonchev–Trinajstić information content (AvgIpc) is 2.89. The summed E-state index contributed by atoms with van der Waals surface area (Å²) in [6, 6.07) is 0. The van der Waals surface area contributed by atoms with Gasteiger partial charge < -0.3 is 24.4 Å². The highest BCUT2D eigenvalue weighted by atomic mass is 31.2. The molecule has 0 amide bonds. The second-order valence-corrected chi connectivity index (χ2v) is 6.02. The van der Waals surface area contributed by atoms with E-state index in [1.807, 2.05) is 0 Å². The molecule has 0 aromatic carbocycles. The van der Waals surface area contributed by atoms with Crippen LogP contribution in [-0.4, -0.2) is 46.0 Å². The maximum absolute atomic E-state index is 12.2. The van der Waals surface area contributed by atoms with E-state index in [-0.39, 0.29) is 32.2 Å². The first-order valence-electron chi connectivity index (χ1n) is 6.62. The van der Waals surface area contributed by atoms with Crippen LogP contribution in [0.3, 0.4) is 0 Å². The highest BCUT2D eigenvalue weighted by Crippen LogP contribution is 2.47. The van der Waals surface area contributed by atoms with Gasteiger partial charge in [-0.15, -0.1) is 4.73 Å². The van der Waals surface area contributed by atoms with Crippen LogP contribution < -0.4 is 10.6 Å². The van der Waals surface area contributed by atoms with Crippen molar-refractivity contribution in [2.75, 3.05) is 32.1 Å². The molecule has 2 N–H and O–H groups in total. The van der Waals surface area contributed by atoms with Crippen LogP contribution in [0.5, 0.6) is 0 Å². The summed E-state index contributed by atoms with van der Waals surface area (Å²) in [5.74, 6) is 0.255. The van der Waals surface area contributed by atoms with Crippen molar-refractivity contribution in [1.29, 1.82) is 0 Å². The number of aromatic nitrogens is 4. The van der Waals surface area contributed by atoms with Crippen LogP contribution in [0.25, 0.3) is 11.2 Å². The zero-order valence-electron chi connectivity index (χ0n) is 12.3. The number of nitrogens with zero attached hydrogens (tertiary/aromatic N) is 4. The summed E-state index contributed by atoms with van der Waals surface area (Å²) in [7, 11) is -3.25. The number of nitrogen functional groups attached to an aromatic ring is 1. The van der Waals surface area contributed by atoms with E-state index >= 15 is 0 Å². The number of imidazole rings is 1. The van der Waals surface area contributed by atoms with Crippen molar-refractivity contribution in [3.63, 3.8) is 0 Å². The molecule has 0 aliphatic carbocycles. The summed E-state index contributed by atoms with van der Waals surface area (Å²) < 4.78 is 28.8. The largest absolute Gasteiger partial charge is 0.382 e. The second kappa shape index (κ2) is 7.50. The summed E-state index contributed by atoms with van der Waals surface area (Å²) in [6.07, 6.45) is 2.49. The van der Waals surface area contributed by atoms with Gasteiger partial charge in [0.1, 0.15) is 12.7 Å². The standard InChI is InChI=1S/C11H18N5O5P/c1-3-20-22(17,21-4-2)8-18-7-19-16-6-15-9-10(12)13-5-14-11(9)16/h5-6H,3-4,7-8H2,1-2H3,(H2,12,13,14). The molecule has 0 saturated heterocycles. The van der Waals surface area contributed by atoms with E-state index < -0.39 is 7.60 Å². The van der Waals surface area contributed by atoms with Crippen LogP contribution >= 0.6 is 7.60 Å². The maximum Gasteiger partial charge on any atom is 0.356 e. The molecule has 0 saturated carbocycles. The monoisotopic (exact) mass is 331 g/mol. The van der Waals surface area contributed by atoms with Crippen LogP contribution in [0.4, 0.5) is 5.82 Å². The van der Waals surface area contributed by atoms with E-state index in [0.29, 0.717) is 11.2 Å². The quantitative estimate of drug-likeness (QED) is 0.407. The topological polar surface area (TPSA) is 124 Å². The normalized spacial score (nSPS) is 11.9. The molecular formula is C11H18N5O5P. The van der Waals surface area contributed by atoms with Crippen LogP contribution in [0.15, 0.2) is 12.7 Å². The van der Waals surface area contributed by atoms with Crippen LogP contribution in [0, 0.1) is 0 Å². The van der Waals surface area contributed by atoms with E-state index in [0.717, 1.165) is 0 Å². The third-order valence-corrected chi connectivity index (χ3v) is 4.31. The Balaban J connectivity index is 1.90. The van der Waals surface area contributed by atoms with Gasteiger partial charge in [0, 0.05) is 0 Å². The fourth-order valence-electron chi connectivity index (χ4n) is 1.68. The number of ether oxygens (including phenoxy) is 1. The minimum absolute atomic E-state index is 0.181. The van der Waals surface area contributed by atoms with Gasteiger partial charge in [-0.3, -0.25) is 4.57 Å². The zero-order chi connectivity index (χ0) is 16.0. The first-order valence-corrected chi connectivity index (χ1v) is 8.35. The third-order valence-electron chi connectivity index (χ3n) is 2.51. The molecular weight excluding hydrogens is 313 g/mol. The molecule has 11 heteroatoms. The lowest BCUT2D eigenvalue weighted by Gasteiger charge is -2.16. The molecule has 10 nitrogen and oxygen atoms in total. The summed E-state index contributed by atoms with van der Waals surface area (Å²) in [6.45, 7) is 3.81. The number of rotatable bonds is 9.